The van der Waals surface area contributed by atoms with Gasteiger partial charge in [0.2, 0.25) is 5.95 Å². The molecule has 2 aromatic heterocycles. The minimum atomic E-state index is -0.342. The van der Waals surface area contributed by atoms with E-state index < -0.39 is 0 Å². The van der Waals surface area contributed by atoms with E-state index in [2.05, 4.69) is 16.9 Å². The van der Waals surface area contributed by atoms with Crippen LogP contribution in [0.15, 0.2) is 9.59 Å². The fraction of sp³-hybridized carbons (Fsp3) is 0.667. The molecule has 8 nitrogen and oxygen atoms in total. The molecule has 126 valence electrons. The summed E-state index contributed by atoms with van der Waals surface area (Å²) in [5.41, 5.74) is 0.347. The number of aryl methyl sites for hydroxylation is 1. The Morgan fingerprint density at radius 2 is 1.70 bits per heavy atom. The van der Waals surface area contributed by atoms with Gasteiger partial charge in [-0.15, -0.1) is 0 Å². The van der Waals surface area contributed by atoms with E-state index in [0.29, 0.717) is 11.2 Å². The molecule has 1 aliphatic heterocycles. The van der Waals surface area contributed by atoms with Crippen molar-refractivity contribution in [2.45, 2.75) is 19.9 Å². The summed E-state index contributed by atoms with van der Waals surface area (Å²) in [5.74, 6) is 0.792. The van der Waals surface area contributed by atoms with Crippen LogP contribution in [0, 0.1) is 0 Å². The van der Waals surface area contributed by atoms with Crippen LogP contribution < -0.4 is 21.0 Å². The Balaban J connectivity index is 2.29. The lowest BCUT2D eigenvalue weighted by Crippen LogP contribution is -3.12. The average Bonchev–Trinajstić information content (AvgIpc) is 2.92. The predicted molar refractivity (Wildman–Crippen MR) is 89.4 cm³/mol. The number of nitrogens with one attached hydrogen (secondary N) is 1. The van der Waals surface area contributed by atoms with Crippen LogP contribution in [0.1, 0.15) is 19.9 Å². The second-order valence-corrected chi connectivity index (χ2v) is 6.70. The van der Waals surface area contributed by atoms with E-state index in [1.807, 2.05) is 18.4 Å². The van der Waals surface area contributed by atoms with E-state index in [1.54, 1.807) is 7.05 Å². The molecule has 8 heteroatoms. The number of aromatic nitrogens is 4. The number of rotatable bonds is 2. The molecule has 0 unspecified atom stereocenters. The third-order valence-electron chi connectivity index (χ3n) is 4.69. The quantitative estimate of drug-likeness (QED) is 0.720. The number of piperazine rings is 1. The molecule has 0 aliphatic carbocycles. The van der Waals surface area contributed by atoms with Crippen molar-refractivity contribution < 1.29 is 4.90 Å². The molecular weight excluding hydrogens is 296 g/mol. The Kier molecular flexibility index (Phi) is 3.79. The van der Waals surface area contributed by atoms with Crippen LogP contribution in [0.4, 0.5) is 5.95 Å². The molecule has 1 N–H and O–H groups in total. The van der Waals surface area contributed by atoms with Gasteiger partial charge in [0.15, 0.2) is 11.2 Å². The summed E-state index contributed by atoms with van der Waals surface area (Å²) in [6.07, 6.45) is 0. The highest BCUT2D eigenvalue weighted by atomic mass is 16.2. The van der Waals surface area contributed by atoms with Crippen LogP contribution in [0.5, 0.6) is 0 Å². The third-order valence-corrected chi connectivity index (χ3v) is 4.69. The summed E-state index contributed by atoms with van der Waals surface area (Å²) >= 11 is 0. The van der Waals surface area contributed by atoms with Gasteiger partial charge in [-0.2, -0.15) is 4.98 Å². The van der Waals surface area contributed by atoms with Crippen molar-refractivity contribution in [3.8, 4) is 0 Å². The summed E-state index contributed by atoms with van der Waals surface area (Å²) in [7, 11) is 5.36. The van der Waals surface area contributed by atoms with Crippen molar-refractivity contribution in [2.24, 2.45) is 14.1 Å². The first-order valence-electron chi connectivity index (χ1n) is 8.07. The maximum atomic E-state index is 12.6. The van der Waals surface area contributed by atoms with E-state index in [-0.39, 0.29) is 17.3 Å². The Bertz CT molecular complexity index is 851. The second kappa shape index (κ2) is 5.52. The number of anilines is 1. The molecule has 3 rings (SSSR count). The first kappa shape index (κ1) is 15.8. The molecule has 23 heavy (non-hydrogen) atoms. The highest BCUT2D eigenvalue weighted by Crippen LogP contribution is 2.24. The number of hydrogen-bond acceptors (Lipinski definition) is 4. The summed E-state index contributed by atoms with van der Waals surface area (Å²) in [6.45, 7) is 7.95. The van der Waals surface area contributed by atoms with Crippen molar-refractivity contribution in [3.63, 3.8) is 0 Å². The zero-order chi connectivity index (χ0) is 16.9. The first-order chi connectivity index (χ1) is 10.8. The zero-order valence-electron chi connectivity index (χ0n) is 14.5. The van der Waals surface area contributed by atoms with E-state index in [4.69, 9.17) is 0 Å². The number of quaternary nitrogens is 1. The molecule has 3 heterocycles. The highest BCUT2D eigenvalue weighted by Gasteiger charge is 2.26. The van der Waals surface area contributed by atoms with Crippen LogP contribution in [-0.4, -0.2) is 51.9 Å². The van der Waals surface area contributed by atoms with Crippen LogP contribution in [0.2, 0.25) is 0 Å². The molecule has 0 radical (unpaired) electrons. The Morgan fingerprint density at radius 3 is 2.26 bits per heavy atom. The summed E-state index contributed by atoms with van der Waals surface area (Å²) in [4.78, 5) is 33.2. The van der Waals surface area contributed by atoms with Crippen LogP contribution in [-0.2, 0) is 14.1 Å². The van der Waals surface area contributed by atoms with E-state index in [1.165, 1.54) is 16.5 Å². The normalized spacial score (nSPS) is 16.7. The van der Waals surface area contributed by atoms with Gasteiger partial charge in [0, 0.05) is 20.1 Å². The third kappa shape index (κ3) is 2.37. The predicted octanol–water partition coefficient (Wildman–Crippen LogP) is -1.65. The molecule has 1 aliphatic rings. The maximum Gasteiger partial charge on any atom is 0.332 e. The lowest BCUT2D eigenvalue weighted by molar-refractivity contribution is -0.880. The van der Waals surface area contributed by atoms with Crippen molar-refractivity contribution in [1.29, 1.82) is 0 Å². The molecule has 0 aromatic carbocycles. The lowest BCUT2D eigenvalue weighted by Gasteiger charge is -2.31. The Hall–Kier alpha value is -2.09. The molecule has 0 spiro atoms. The number of fused-ring (bicyclic) bond motifs is 1. The standard InChI is InChI=1S/C15H24N6O2/c1-10(2)21-11-12(18(4)15(23)19(5)13(11)22)16-14(21)20-8-6-17(3)7-9-20/h10H,6-9H2,1-5H3/p+1. The summed E-state index contributed by atoms with van der Waals surface area (Å²) in [6, 6.07) is 0.0900. The van der Waals surface area contributed by atoms with Gasteiger partial charge in [-0.25, -0.2) is 4.79 Å². The van der Waals surface area contributed by atoms with E-state index in [0.717, 1.165) is 36.7 Å². The van der Waals surface area contributed by atoms with Gasteiger partial charge in [-0.3, -0.25) is 13.9 Å². The Morgan fingerprint density at radius 1 is 1.09 bits per heavy atom. The van der Waals surface area contributed by atoms with Crippen molar-refractivity contribution in [2.75, 3.05) is 38.1 Å². The van der Waals surface area contributed by atoms with Gasteiger partial charge in [-0.1, -0.05) is 0 Å². The largest absolute Gasteiger partial charge is 0.334 e. The fourth-order valence-corrected chi connectivity index (χ4v) is 3.20. The molecular formula is C15H25N6O2+. The topological polar surface area (TPSA) is 69.5 Å². The molecule has 0 bridgehead atoms. The van der Waals surface area contributed by atoms with Gasteiger partial charge in [-0.05, 0) is 13.8 Å². The van der Waals surface area contributed by atoms with Crippen LogP contribution in [0.3, 0.4) is 0 Å². The van der Waals surface area contributed by atoms with Crippen molar-refractivity contribution >= 4 is 17.1 Å². The fourth-order valence-electron chi connectivity index (χ4n) is 3.20. The van der Waals surface area contributed by atoms with Crippen molar-refractivity contribution in [3.05, 3.63) is 20.8 Å². The van der Waals surface area contributed by atoms with Crippen molar-refractivity contribution in [1.82, 2.24) is 18.7 Å². The Labute approximate surface area is 134 Å². The highest BCUT2D eigenvalue weighted by molar-refractivity contribution is 5.74. The minimum absolute atomic E-state index is 0.0900. The summed E-state index contributed by atoms with van der Waals surface area (Å²) in [5, 5.41) is 0. The molecule has 0 atom stereocenters. The van der Waals surface area contributed by atoms with Gasteiger partial charge >= 0.3 is 5.69 Å². The number of likely N-dealkylation sites (N-methyl/N-ethyl adjacent to an activating group) is 1. The average molecular weight is 321 g/mol. The minimum Gasteiger partial charge on any atom is -0.334 e. The maximum absolute atomic E-state index is 12.6. The molecule has 1 saturated heterocycles. The lowest BCUT2D eigenvalue weighted by atomic mass is 10.3. The first-order valence-corrected chi connectivity index (χ1v) is 8.07. The van der Waals surface area contributed by atoms with Gasteiger partial charge in [0.25, 0.3) is 5.56 Å². The smallest absolute Gasteiger partial charge is 0.332 e. The number of nitrogens with zero attached hydrogens (tertiary/aromatic N) is 5. The van der Waals surface area contributed by atoms with Gasteiger partial charge < -0.3 is 14.4 Å². The van der Waals surface area contributed by atoms with Crippen LogP contribution >= 0.6 is 0 Å². The molecule has 1 fully saturated rings. The SMILES string of the molecule is CC(C)n1c(N2CC[NH+](C)CC2)nc2c1c(=O)n(C)c(=O)n2C. The summed E-state index contributed by atoms with van der Waals surface area (Å²) < 4.78 is 4.58. The monoisotopic (exact) mass is 321 g/mol. The molecule has 2 aromatic rings. The van der Waals surface area contributed by atoms with Crippen LogP contribution in [0.25, 0.3) is 11.2 Å². The van der Waals surface area contributed by atoms with E-state index in [9.17, 15) is 9.59 Å². The van der Waals surface area contributed by atoms with E-state index >= 15 is 0 Å². The zero-order valence-corrected chi connectivity index (χ0v) is 14.5. The van der Waals surface area contributed by atoms with Gasteiger partial charge in [0.05, 0.1) is 33.2 Å². The molecule has 0 saturated carbocycles. The second-order valence-electron chi connectivity index (χ2n) is 6.70. The number of hydrogen-bond donors (Lipinski definition) is 1. The number of imidazole rings is 1. The molecule has 0 amide bonds. The van der Waals surface area contributed by atoms with Gasteiger partial charge in [0.1, 0.15) is 0 Å².